The molecule has 2 aromatic heterocycles. The Labute approximate surface area is 143 Å². The third kappa shape index (κ3) is 2.66. The van der Waals surface area contributed by atoms with E-state index in [4.69, 9.17) is 0 Å². The number of likely N-dealkylation sites (tertiary alicyclic amines) is 1. The first kappa shape index (κ1) is 15.5. The van der Waals surface area contributed by atoms with Crippen molar-refractivity contribution in [2.45, 2.75) is 65.1 Å². The quantitative estimate of drug-likeness (QED) is 0.865. The molecule has 0 radical (unpaired) electrons. The van der Waals surface area contributed by atoms with Crippen LogP contribution >= 0.6 is 0 Å². The zero-order valence-corrected chi connectivity index (χ0v) is 14.8. The lowest BCUT2D eigenvalue weighted by Gasteiger charge is -2.25. The molecular formula is C19H26N4O. The minimum Gasteiger partial charge on any atom is -0.345 e. The molecule has 1 amide bonds. The van der Waals surface area contributed by atoms with E-state index in [0.717, 1.165) is 37.2 Å². The van der Waals surface area contributed by atoms with Crippen LogP contribution < -0.4 is 0 Å². The Balaban J connectivity index is 1.56. The number of aryl methyl sites for hydroxylation is 2. The number of amides is 1. The van der Waals surface area contributed by atoms with Crippen molar-refractivity contribution in [3.8, 4) is 0 Å². The van der Waals surface area contributed by atoms with Gasteiger partial charge in [0.1, 0.15) is 0 Å². The van der Waals surface area contributed by atoms with E-state index in [9.17, 15) is 4.79 Å². The Morgan fingerprint density at radius 1 is 1.25 bits per heavy atom. The molecule has 0 N–H and O–H groups in total. The molecule has 1 aliphatic carbocycles. The minimum absolute atomic E-state index is 0.196. The first-order valence-corrected chi connectivity index (χ1v) is 9.03. The number of rotatable bonds is 4. The van der Waals surface area contributed by atoms with Crippen molar-refractivity contribution in [2.75, 3.05) is 6.54 Å². The van der Waals surface area contributed by atoms with Crippen molar-refractivity contribution in [3.05, 3.63) is 41.0 Å². The average Bonchev–Trinajstić information content (AvgIpc) is 2.99. The molecule has 5 heteroatoms. The summed E-state index contributed by atoms with van der Waals surface area (Å²) >= 11 is 0. The lowest BCUT2D eigenvalue weighted by molar-refractivity contribution is 0.0721. The smallest absolute Gasteiger partial charge is 0.255 e. The summed E-state index contributed by atoms with van der Waals surface area (Å²) in [5, 5.41) is 4.39. The second-order valence-corrected chi connectivity index (χ2v) is 7.42. The first-order chi connectivity index (χ1) is 11.5. The zero-order valence-electron chi connectivity index (χ0n) is 14.8. The normalized spacial score (nSPS) is 20.8. The third-order valence-electron chi connectivity index (χ3n) is 5.42. The van der Waals surface area contributed by atoms with Crippen molar-refractivity contribution < 1.29 is 4.79 Å². The average molecular weight is 326 g/mol. The Morgan fingerprint density at radius 3 is 2.71 bits per heavy atom. The maximum Gasteiger partial charge on any atom is 0.255 e. The summed E-state index contributed by atoms with van der Waals surface area (Å²) in [5.74, 6) is 0.196. The van der Waals surface area contributed by atoms with Crippen LogP contribution in [0.4, 0.5) is 0 Å². The Morgan fingerprint density at radius 2 is 2.04 bits per heavy atom. The van der Waals surface area contributed by atoms with Crippen LogP contribution in [0.25, 0.3) is 0 Å². The molecule has 1 atom stereocenters. The van der Waals surface area contributed by atoms with Crippen molar-refractivity contribution >= 4 is 5.91 Å². The van der Waals surface area contributed by atoms with Crippen molar-refractivity contribution in [1.82, 2.24) is 19.2 Å². The molecule has 1 saturated heterocycles. The van der Waals surface area contributed by atoms with E-state index in [1.54, 1.807) is 0 Å². The summed E-state index contributed by atoms with van der Waals surface area (Å²) in [6.07, 6.45) is 8.57. The van der Waals surface area contributed by atoms with E-state index < -0.39 is 0 Å². The highest BCUT2D eigenvalue weighted by Gasteiger charge is 2.33. The highest BCUT2D eigenvalue weighted by atomic mass is 16.2. The van der Waals surface area contributed by atoms with Gasteiger partial charge in [0, 0.05) is 30.2 Å². The fraction of sp³-hybridized carbons (Fsp3) is 0.579. The van der Waals surface area contributed by atoms with Crippen molar-refractivity contribution in [1.29, 1.82) is 0 Å². The van der Waals surface area contributed by atoms with Crippen LogP contribution in [0.3, 0.4) is 0 Å². The molecular weight excluding hydrogens is 300 g/mol. The number of nitrogens with zero attached hydrogens (tertiary/aromatic N) is 4. The molecule has 2 fully saturated rings. The standard InChI is InChI=1S/C19H26N4O/c1-13-10-20-21(11-13)12-17-5-4-8-22(17)19(24)18-9-14(2)23(15(18)3)16-6-7-16/h9-11,16-17H,4-8,12H2,1-3H3/t17-/m1/s1. The van der Waals surface area contributed by atoms with Crippen LogP contribution in [-0.4, -0.2) is 37.7 Å². The van der Waals surface area contributed by atoms with Gasteiger partial charge in [0.2, 0.25) is 0 Å². The van der Waals surface area contributed by atoms with Gasteiger partial charge in [-0.2, -0.15) is 5.10 Å². The fourth-order valence-electron chi connectivity index (χ4n) is 4.12. The number of carbonyl (C=O) groups excluding carboxylic acids is 1. The van der Waals surface area contributed by atoms with Gasteiger partial charge in [-0.15, -0.1) is 0 Å². The van der Waals surface area contributed by atoms with Gasteiger partial charge in [-0.05, 0) is 58.1 Å². The van der Waals surface area contributed by atoms with E-state index in [1.165, 1.54) is 24.1 Å². The summed E-state index contributed by atoms with van der Waals surface area (Å²) in [5.41, 5.74) is 4.42. The summed E-state index contributed by atoms with van der Waals surface area (Å²) in [7, 11) is 0. The first-order valence-electron chi connectivity index (χ1n) is 9.03. The van der Waals surface area contributed by atoms with Gasteiger partial charge >= 0.3 is 0 Å². The summed E-state index contributed by atoms with van der Waals surface area (Å²) in [6, 6.07) is 2.96. The minimum atomic E-state index is 0.196. The van der Waals surface area contributed by atoms with E-state index >= 15 is 0 Å². The second kappa shape index (κ2) is 5.80. The highest BCUT2D eigenvalue weighted by molar-refractivity contribution is 5.96. The number of carbonyl (C=O) groups is 1. The van der Waals surface area contributed by atoms with Gasteiger partial charge < -0.3 is 9.47 Å². The molecule has 3 heterocycles. The van der Waals surface area contributed by atoms with E-state index in [1.807, 2.05) is 17.8 Å². The number of aromatic nitrogens is 3. The second-order valence-electron chi connectivity index (χ2n) is 7.42. The summed E-state index contributed by atoms with van der Waals surface area (Å²) in [4.78, 5) is 15.2. The van der Waals surface area contributed by atoms with Gasteiger partial charge in [-0.3, -0.25) is 9.48 Å². The van der Waals surface area contributed by atoms with Crippen LogP contribution in [0.2, 0.25) is 0 Å². The van der Waals surface area contributed by atoms with Crippen LogP contribution in [0, 0.1) is 20.8 Å². The third-order valence-corrected chi connectivity index (χ3v) is 5.42. The van der Waals surface area contributed by atoms with E-state index in [-0.39, 0.29) is 11.9 Å². The lowest BCUT2D eigenvalue weighted by Crippen LogP contribution is -2.38. The van der Waals surface area contributed by atoms with Crippen molar-refractivity contribution in [2.24, 2.45) is 0 Å². The molecule has 4 rings (SSSR count). The van der Waals surface area contributed by atoms with Gasteiger partial charge in [0.25, 0.3) is 5.91 Å². The Kier molecular flexibility index (Phi) is 3.74. The molecule has 2 aromatic rings. The Bertz CT molecular complexity index is 768. The maximum absolute atomic E-state index is 13.2. The largest absolute Gasteiger partial charge is 0.345 e. The molecule has 2 aliphatic rings. The van der Waals surface area contributed by atoms with Crippen LogP contribution in [0.5, 0.6) is 0 Å². The molecule has 128 valence electrons. The molecule has 0 unspecified atom stereocenters. The molecule has 24 heavy (non-hydrogen) atoms. The maximum atomic E-state index is 13.2. The predicted molar refractivity (Wildman–Crippen MR) is 93.2 cm³/mol. The molecule has 0 bridgehead atoms. The molecule has 5 nitrogen and oxygen atoms in total. The molecule has 1 aliphatic heterocycles. The van der Waals surface area contributed by atoms with Gasteiger partial charge in [0.05, 0.1) is 24.3 Å². The number of hydrogen-bond donors (Lipinski definition) is 0. The van der Waals surface area contributed by atoms with Gasteiger partial charge in [-0.1, -0.05) is 0 Å². The van der Waals surface area contributed by atoms with Crippen LogP contribution in [-0.2, 0) is 6.54 Å². The monoisotopic (exact) mass is 326 g/mol. The topological polar surface area (TPSA) is 43.1 Å². The van der Waals surface area contributed by atoms with Crippen molar-refractivity contribution in [3.63, 3.8) is 0 Å². The number of hydrogen-bond acceptors (Lipinski definition) is 2. The highest BCUT2D eigenvalue weighted by Crippen LogP contribution is 2.38. The van der Waals surface area contributed by atoms with Gasteiger partial charge in [0.15, 0.2) is 0 Å². The van der Waals surface area contributed by atoms with E-state index in [0.29, 0.717) is 6.04 Å². The zero-order chi connectivity index (χ0) is 16.8. The Hall–Kier alpha value is -2.04. The fourth-order valence-corrected chi connectivity index (χ4v) is 4.12. The molecule has 0 aromatic carbocycles. The molecule has 0 spiro atoms. The lowest BCUT2D eigenvalue weighted by atomic mass is 10.1. The molecule has 1 saturated carbocycles. The van der Waals surface area contributed by atoms with Crippen LogP contribution in [0.15, 0.2) is 18.5 Å². The van der Waals surface area contributed by atoms with Gasteiger partial charge in [-0.25, -0.2) is 0 Å². The summed E-state index contributed by atoms with van der Waals surface area (Å²) < 4.78 is 4.33. The predicted octanol–water partition coefficient (Wildman–Crippen LogP) is 3.25. The van der Waals surface area contributed by atoms with E-state index in [2.05, 4.69) is 40.7 Å². The SMILES string of the molecule is Cc1cnn(C[C@H]2CCCN2C(=O)c2cc(C)n(C3CC3)c2C)c1. The van der Waals surface area contributed by atoms with Crippen LogP contribution in [0.1, 0.15) is 59.0 Å². The summed E-state index contributed by atoms with van der Waals surface area (Å²) in [6.45, 7) is 7.92.